The summed E-state index contributed by atoms with van der Waals surface area (Å²) in [5.74, 6) is -0.988. The van der Waals surface area contributed by atoms with Gasteiger partial charge in [0.05, 0.1) is 6.04 Å². The average molecular weight is 258 g/mol. The van der Waals surface area contributed by atoms with E-state index in [1.807, 2.05) is 0 Å². The third kappa shape index (κ3) is 9.77. The molecule has 0 heterocycles. The molecule has 0 radical (unpaired) electrons. The summed E-state index contributed by atoms with van der Waals surface area (Å²) in [7, 11) is 0. The Bertz CT molecular complexity index is 292. The van der Waals surface area contributed by atoms with Gasteiger partial charge in [0.25, 0.3) is 0 Å². The molecule has 18 heavy (non-hydrogen) atoms. The van der Waals surface area contributed by atoms with Crippen molar-refractivity contribution >= 4 is 17.7 Å². The number of unbranched alkanes of at least 4 members (excludes halogenated alkanes) is 1. The van der Waals surface area contributed by atoms with E-state index in [-0.39, 0.29) is 24.2 Å². The van der Waals surface area contributed by atoms with Crippen molar-refractivity contribution in [3.8, 4) is 0 Å². The van der Waals surface area contributed by atoms with Crippen LogP contribution in [0.2, 0.25) is 0 Å². The average Bonchev–Trinajstić information content (AvgIpc) is 2.25. The number of carbonyl (C=O) groups is 3. The van der Waals surface area contributed by atoms with E-state index in [9.17, 15) is 14.4 Å². The largest absolute Gasteiger partial charge is 0.481 e. The van der Waals surface area contributed by atoms with Gasteiger partial charge in [-0.2, -0.15) is 0 Å². The Balaban J connectivity index is 3.67. The van der Waals surface area contributed by atoms with E-state index in [0.717, 1.165) is 12.8 Å². The maximum atomic E-state index is 11.3. The number of aliphatic carboxylic acids is 1. The van der Waals surface area contributed by atoms with Gasteiger partial charge in [-0.05, 0) is 32.7 Å². The number of rotatable bonds is 10. The lowest BCUT2D eigenvalue weighted by molar-refractivity contribution is -0.137. The molecule has 3 N–H and O–H groups in total. The van der Waals surface area contributed by atoms with E-state index in [0.29, 0.717) is 19.5 Å². The van der Waals surface area contributed by atoms with E-state index in [1.165, 1.54) is 13.8 Å². The summed E-state index contributed by atoms with van der Waals surface area (Å²) in [6.07, 6.45) is 1.97. The molecule has 0 rings (SSSR count). The van der Waals surface area contributed by atoms with Crippen molar-refractivity contribution < 1.29 is 19.5 Å². The maximum absolute atomic E-state index is 11.3. The molecule has 1 amide bonds. The molecule has 0 unspecified atom stereocenters. The molecule has 0 bridgehead atoms. The first-order chi connectivity index (χ1) is 8.43. The third-order valence-electron chi connectivity index (χ3n) is 2.51. The molecule has 6 heteroatoms. The fraction of sp³-hybridized carbons (Fsp3) is 0.750. The topological polar surface area (TPSA) is 95.5 Å². The Morgan fingerprint density at radius 2 is 1.72 bits per heavy atom. The standard InChI is InChI=1S/C12H22N2O4/c1-9(15)11(5-6-12(17)18)14-8-4-3-7-13-10(2)16/h11,14H,3-8H2,1-2H3,(H,13,16)(H,17,18)/t11-/m0/s1. The molecule has 0 spiro atoms. The molecule has 6 nitrogen and oxygen atoms in total. The van der Waals surface area contributed by atoms with Crippen LogP contribution in [0.3, 0.4) is 0 Å². The highest BCUT2D eigenvalue weighted by Gasteiger charge is 2.14. The second-order valence-corrected chi connectivity index (χ2v) is 4.24. The van der Waals surface area contributed by atoms with Gasteiger partial charge in [0.1, 0.15) is 5.78 Å². The van der Waals surface area contributed by atoms with Gasteiger partial charge in [-0.15, -0.1) is 0 Å². The summed E-state index contributed by atoms with van der Waals surface area (Å²) in [6.45, 7) is 4.19. The van der Waals surface area contributed by atoms with Crippen molar-refractivity contribution in [1.82, 2.24) is 10.6 Å². The Morgan fingerprint density at radius 3 is 2.22 bits per heavy atom. The van der Waals surface area contributed by atoms with Crippen LogP contribution in [0.25, 0.3) is 0 Å². The summed E-state index contributed by atoms with van der Waals surface area (Å²) in [6, 6.07) is -0.387. The number of carbonyl (C=O) groups excluding carboxylic acids is 2. The number of carboxylic acids is 1. The van der Waals surface area contributed by atoms with Gasteiger partial charge in [0, 0.05) is 19.9 Å². The van der Waals surface area contributed by atoms with Gasteiger partial charge in [-0.1, -0.05) is 0 Å². The number of Topliss-reactive ketones (excluding diaryl/α,β-unsaturated/α-hetero) is 1. The van der Waals surface area contributed by atoms with E-state index in [1.54, 1.807) is 0 Å². The first-order valence-electron chi connectivity index (χ1n) is 6.13. The Kier molecular flexibility index (Phi) is 8.82. The zero-order chi connectivity index (χ0) is 14.0. The lowest BCUT2D eigenvalue weighted by atomic mass is 10.1. The summed E-state index contributed by atoms with van der Waals surface area (Å²) >= 11 is 0. The zero-order valence-electron chi connectivity index (χ0n) is 11.0. The summed E-state index contributed by atoms with van der Waals surface area (Å²) in [5.41, 5.74) is 0. The second kappa shape index (κ2) is 9.58. The lowest BCUT2D eigenvalue weighted by Gasteiger charge is -2.14. The molecule has 0 fully saturated rings. The molecule has 0 aromatic heterocycles. The molecule has 0 aliphatic carbocycles. The van der Waals surface area contributed by atoms with Crippen molar-refractivity contribution in [2.75, 3.05) is 13.1 Å². The number of amides is 1. The van der Waals surface area contributed by atoms with Crippen LogP contribution in [0, 0.1) is 0 Å². The molecule has 0 aliphatic rings. The summed E-state index contributed by atoms with van der Waals surface area (Å²) in [4.78, 5) is 32.3. The smallest absolute Gasteiger partial charge is 0.303 e. The van der Waals surface area contributed by atoms with Crippen molar-refractivity contribution in [1.29, 1.82) is 0 Å². The normalized spacial score (nSPS) is 11.9. The molecule has 0 saturated carbocycles. The second-order valence-electron chi connectivity index (χ2n) is 4.24. The van der Waals surface area contributed by atoms with E-state index in [4.69, 9.17) is 5.11 Å². The van der Waals surface area contributed by atoms with Crippen molar-refractivity contribution in [2.24, 2.45) is 0 Å². The van der Waals surface area contributed by atoms with Gasteiger partial charge >= 0.3 is 5.97 Å². The monoisotopic (exact) mass is 258 g/mol. The van der Waals surface area contributed by atoms with Crippen LogP contribution >= 0.6 is 0 Å². The fourth-order valence-electron chi connectivity index (χ4n) is 1.51. The fourth-order valence-corrected chi connectivity index (χ4v) is 1.51. The van der Waals surface area contributed by atoms with Crippen LogP contribution < -0.4 is 10.6 Å². The third-order valence-corrected chi connectivity index (χ3v) is 2.51. The molecule has 1 atom stereocenters. The van der Waals surface area contributed by atoms with Crippen molar-refractivity contribution in [3.63, 3.8) is 0 Å². The van der Waals surface area contributed by atoms with Crippen LogP contribution in [0.1, 0.15) is 39.5 Å². The van der Waals surface area contributed by atoms with Crippen LogP contribution in [0.4, 0.5) is 0 Å². The molecular weight excluding hydrogens is 236 g/mol. The first-order valence-corrected chi connectivity index (χ1v) is 6.13. The van der Waals surface area contributed by atoms with Crippen LogP contribution in [0.5, 0.6) is 0 Å². The molecule has 0 aliphatic heterocycles. The zero-order valence-corrected chi connectivity index (χ0v) is 11.0. The Morgan fingerprint density at radius 1 is 1.11 bits per heavy atom. The highest BCUT2D eigenvalue weighted by Crippen LogP contribution is 1.99. The minimum atomic E-state index is -0.895. The molecule has 0 aromatic carbocycles. The molecule has 0 aromatic rings. The number of carboxylic acid groups (broad SMARTS) is 1. The van der Waals surface area contributed by atoms with Gasteiger partial charge < -0.3 is 15.7 Å². The highest BCUT2D eigenvalue weighted by molar-refractivity contribution is 5.82. The Labute approximate surface area is 107 Å². The number of ketones is 1. The molecular formula is C12H22N2O4. The minimum absolute atomic E-state index is 0.0108. The maximum Gasteiger partial charge on any atom is 0.303 e. The van der Waals surface area contributed by atoms with E-state index < -0.39 is 5.97 Å². The first kappa shape index (κ1) is 16.6. The minimum Gasteiger partial charge on any atom is -0.481 e. The van der Waals surface area contributed by atoms with Crippen molar-refractivity contribution in [3.05, 3.63) is 0 Å². The quantitative estimate of drug-likeness (QED) is 0.490. The van der Waals surface area contributed by atoms with Crippen LogP contribution in [-0.4, -0.2) is 41.9 Å². The van der Waals surface area contributed by atoms with Gasteiger partial charge in [-0.3, -0.25) is 14.4 Å². The summed E-state index contributed by atoms with van der Waals surface area (Å²) in [5, 5.41) is 14.3. The van der Waals surface area contributed by atoms with Gasteiger partial charge in [0.15, 0.2) is 0 Å². The van der Waals surface area contributed by atoms with Gasteiger partial charge in [-0.25, -0.2) is 0 Å². The summed E-state index contributed by atoms with van der Waals surface area (Å²) < 4.78 is 0. The molecule has 0 saturated heterocycles. The van der Waals surface area contributed by atoms with E-state index in [2.05, 4.69) is 10.6 Å². The number of nitrogens with one attached hydrogen (secondary N) is 2. The lowest BCUT2D eigenvalue weighted by Crippen LogP contribution is -2.36. The van der Waals surface area contributed by atoms with E-state index >= 15 is 0 Å². The highest BCUT2D eigenvalue weighted by atomic mass is 16.4. The number of hydrogen-bond acceptors (Lipinski definition) is 4. The van der Waals surface area contributed by atoms with Gasteiger partial charge in [0.2, 0.25) is 5.91 Å². The SMILES string of the molecule is CC(=O)NCCCCN[C@@H](CCC(=O)O)C(C)=O. The number of hydrogen-bond donors (Lipinski definition) is 3. The van der Waals surface area contributed by atoms with Crippen LogP contribution in [0.15, 0.2) is 0 Å². The van der Waals surface area contributed by atoms with Crippen LogP contribution in [-0.2, 0) is 14.4 Å². The molecule has 104 valence electrons. The Hall–Kier alpha value is -1.43. The predicted octanol–water partition coefficient (Wildman–Crippen LogP) is 0.315. The van der Waals surface area contributed by atoms with Crippen molar-refractivity contribution in [2.45, 2.75) is 45.6 Å². The predicted molar refractivity (Wildman–Crippen MR) is 67.3 cm³/mol.